The molecule has 0 heterocycles. The van der Waals surface area contributed by atoms with E-state index in [1.165, 1.54) is 11.1 Å². The molecule has 0 aliphatic rings. The summed E-state index contributed by atoms with van der Waals surface area (Å²) < 4.78 is 0. The lowest BCUT2D eigenvalue weighted by Crippen LogP contribution is -2.14. The lowest BCUT2D eigenvalue weighted by molar-refractivity contribution is 0.102. The molecule has 0 radical (unpaired) electrons. The van der Waals surface area contributed by atoms with Crippen LogP contribution < -0.4 is 5.32 Å². The zero-order chi connectivity index (χ0) is 14.5. The van der Waals surface area contributed by atoms with Crippen LogP contribution >= 0.6 is 0 Å². The van der Waals surface area contributed by atoms with Crippen LogP contribution in [0.15, 0.2) is 42.5 Å². The van der Waals surface area contributed by atoms with Gasteiger partial charge in [0, 0.05) is 11.3 Å². The molecule has 1 N–H and O–H groups in total. The van der Waals surface area contributed by atoms with Crippen LogP contribution in [-0.4, -0.2) is 5.91 Å². The number of amides is 1. The number of hydrogen-bond donors (Lipinski definition) is 1. The second-order valence-corrected chi connectivity index (χ2v) is 4.97. The fourth-order valence-corrected chi connectivity index (χ4v) is 2.28. The fraction of sp³-hybridized carbons (Fsp3) is 0.278. The predicted molar refractivity (Wildman–Crippen MR) is 84.3 cm³/mol. The summed E-state index contributed by atoms with van der Waals surface area (Å²) in [6, 6.07) is 13.9. The predicted octanol–water partition coefficient (Wildman–Crippen LogP) is 4.37. The SMILES string of the molecule is CCc1ccc(C(=O)Nc2c(C)cccc2CC)cc1. The van der Waals surface area contributed by atoms with Gasteiger partial charge >= 0.3 is 0 Å². The van der Waals surface area contributed by atoms with Crippen molar-refractivity contribution in [1.29, 1.82) is 0 Å². The van der Waals surface area contributed by atoms with Gasteiger partial charge in [-0.15, -0.1) is 0 Å². The average Bonchev–Trinajstić information content (AvgIpc) is 2.49. The number of hydrogen-bond acceptors (Lipinski definition) is 1. The van der Waals surface area contributed by atoms with Gasteiger partial charge in [0.05, 0.1) is 0 Å². The molecule has 0 unspecified atom stereocenters. The first-order valence-electron chi connectivity index (χ1n) is 7.14. The molecule has 0 bridgehead atoms. The van der Waals surface area contributed by atoms with E-state index in [9.17, 15) is 4.79 Å². The fourth-order valence-electron chi connectivity index (χ4n) is 2.28. The van der Waals surface area contributed by atoms with Gasteiger partial charge in [0.25, 0.3) is 5.91 Å². The van der Waals surface area contributed by atoms with Gasteiger partial charge in [0.1, 0.15) is 0 Å². The zero-order valence-corrected chi connectivity index (χ0v) is 12.4. The van der Waals surface area contributed by atoms with Gasteiger partial charge in [-0.2, -0.15) is 0 Å². The third-order valence-corrected chi connectivity index (χ3v) is 3.60. The van der Waals surface area contributed by atoms with Crippen LogP contribution in [0, 0.1) is 6.92 Å². The summed E-state index contributed by atoms with van der Waals surface area (Å²) in [5.74, 6) is -0.0448. The Balaban J connectivity index is 2.23. The molecule has 104 valence electrons. The van der Waals surface area contributed by atoms with E-state index in [0.29, 0.717) is 5.56 Å². The van der Waals surface area contributed by atoms with Crippen LogP contribution in [0.1, 0.15) is 40.9 Å². The van der Waals surface area contributed by atoms with Crippen LogP contribution in [0.25, 0.3) is 0 Å². The molecule has 0 aromatic heterocycles. The van der Waals surface area contributed by atoms with Crippen molar-refractivity contribution in [3.63, 3.8) is 0 Å². The topological polar surface area (TPSA) is 29.1 Å². The first-order valence-corrected chi connectivity index (χ1v) is 7.14. The van der Waals surface area contributed by atoms with Crippen LogP contribution in [0.2, 0.25) is 0 Å². The quantitative estimate of drug-likeness (QED) is 0.875. The van der Waals surface area contributed by atoms with Crippen LogP contribution in [0.3, 0.4) is 0 Å². The van der Waals surface area contributed by atoms with E-state index >= 15 is 0 Å². The molecule has 0 spiro atoms. The minimum Gasteiger partial charge on any atom is -0.321 e. The van der Waals surface area contributed by atoms with Gasteiger partial charge in [-0.1, -0.05) is 44.2 Å². The van der Waals surface area contributed by atoms with Gasteiger partial charge in [0.15, 0.2) is 0 Å². The molecule has 2 aromatic carbocycles. The maximum Gasteiger partial charge on any atom is 0.255 e. The molecule has 2 heteroatoms. The highest BCUT2D eigenvalue weighted by Crippen LogP contribution is 2.22. The number of carbonyl (C=O) groups excluding carboxylic acids is 1. The molecule has 0 fully saturated rings. The summed E-state index contributed by atoms with van der Waals surface area (Å²) in [6.07, 6.45) is 1.89. The standard InChI is InChI=1S/C18H21NO/c1-4-14-9-11-16(12-10-14)18(20)19-17-13(3)7-6-8-15(17)5-2/h6-12H,4-5H2,1-3H3,(H,19,20). The Morgan fingerprint density at radius 2 is 1.70 bits per heavy atom. The molecule has 0 saturated heterocycles. The second-order valence-electron chi connectivity index (χ2n) is 4.97. The molecule has 1 amide bonds. The first kappa shape index (κ1) is 14.3. The third kappa shape index (κ3) is 3.08. The van der Waals surface area contributed by atoms with E-state index in [1.54, 1.807) is 0 Å². The van der Waals surface area contributed by atoms with Crippen LogP contribution in [0.4, 0.5) is 5.69 Å². The number of para-hydroxylation sites is 1. The van der Waals surface area contributed by atoms with Crippen molar-refractivity contribution in [2.75, 3.05) is 5.32 Å². The molecular formula is C18H21NO. The number of nitrogens with one attached hydrogen (secondary N) is 1. The van der Waals surface area contributed by atoms with Crippen molar-refractivity contribution in [2.24, 2.45) is 0 Å². The molecule has 2 rings (SSSR count). The smallest absolute Gasteiger partial charge is 0.255 e. The highest BCUT2D eigenvalue weighted by Gasteiger charge is 2.10. The molecule has 0 aliphatic heterocycles. The summed E-state index contributed by atoms with van der Waals surface area (Å²) in [4.78, 5) is 12.3. The molecule has 0 aliphatic carbocycles. The maximum absolute atomic E-state index is 12.3. The summed E-state index contributed by atoms with van der Waals surface area (Å²) in [7, 11) is 0. The van der Waals surface area contributed by atoms with Crippen molar-refractivity contribution in [1.82, 2.24) is 0 Å². The van der Waals surface area contributed by atoms with Crippen molar-refractivity contribution >= 4 is 11.6 Å². The Morgan fingerprint density at radius 1 is 1.00 bits per heavy atom. The van der Waals surface area contributed by atoms with Crippen molar-refractivity contribution in [3.05, 3.63) is 64.7 Å². The van der Waals surface area contributed by atoms with E-state index < -0.39 is 0 Å². The molecule has 2 aromatic rings. The molecule has 2 nitrogen and oxygen atoms in total. The monoisotopic (exact) mass is 267 g/mol. The number of anilines is 1. The van der Waals surface area contributed by atoms with Gasteiger partial charge in [-0.05, 0) is 48.6 Å². The summed E-state index contributed by atoms with van der Waals surface area (Å²) >= 11 is 0. The van der Waals surface area contributed by atoms with Crippen molar-refractivity contribution in [3.8, 4) is 0 Å². The number of aryl methyl sites for hydroxylation is 3. The van der Waals surface area contributed by atoms with E-state index in [-0.39, 0.29) is 5.91 Å². The lowest BCUT2D eigenvalue weighted by Gasteiger charge is -2.13. The number of carbonyl (C=O) groups is 1. The largest absolute Gasteiger partial charge is 0.321 e. The van der Waals surface area contributed by atoms with Crippen LogP contribution in [-0.2, 0) is 12.8 Å². The average molecular weight is 267 g/mol. The molecular weight excluding hydrogens is 246 g/mol. The molecule has 0 atom stereocenters. The summed E-state index contributed by atoms with van der Waals surface area (Å²) in [5.41, 5.74) is 5.16. The Hall–Kier alpha value is -2.09. The van der Waals surface area contributed by atoms with E-state index in [4.69, 9.17) is 0 Å². The summed E-state index contributed by atoms with van der Waals surface area (Å²) in [5, 5.41) is 3.04. The maximum atomic E-state index is 12.3. The molecule has 0 saturated carbocycles. The highest BCUT2D eigenvalue weighted by molar-refractivity contribution is 6.05. The van der Waals surface area contributed by atoms with Gasteiger partial charge < -0.3 is 5.32 Å². The van der Waals surface area contributed by atoms with E-state index in [1.807, 2.05) is 43.3 Å². The Kier molecular flexibility index (Phi) is 4.57. The zero-order valence-electron chi connectivity index (χ0n) is 12.4. The van der Waals surface area contributed by atoms with Crippen LogP contribution in [0.5, 0.6) is 0 Å². The molecule has 20 heavy (non-hydrogen) atoms. The Labute approximate surface area is 120 Å². The minimum atomic E-state index is -0.0448. The van der Waals surface area contributed by atoms with E-state index in [0.717, 1.165) is 24.1 Å². The Morgan fingerprint density at radius 3 is 2.30 bits per heavy atom. The van der Waals surface area contributed by atoms with Gasteiger partial charge in [-0.25, -0.2) is 0 Å². The first-order chi connectivity index (χ1) is 9.65. The normalized spacial score (nSPS) is 10.3. The number of rotatable bonds is 4. The lowest BCUT2D eigenvalue weighted by atomic mass is 10.0. The van der Waals surface area contributed by atoms with E-state index in [2.05, 4.69) is 25.2 Å². The van der Waals surface area contributed by atoms with Gasteiger partial charge in [-0.3, -0.25) is 4.79 Å². The second kappa shape index (κ2) is 6.38. The number of benzene rings is 2. The van der Waals surface area contributed by atoms with Gasteiger partial charge in [0.2, 0.25) is 0 Å². The Bertz CT molecular complexity index is 599. The highest BCUT2D eigenvalue weighted by atomic mass is 16.1. The van der Waals surface area contributed by atoms with Crippen molar-refractivity contribution < 1.29 is 4.79 Å². The summed E-state index contributed by atoms with van der Waals surface area (Å²) in [6.45, 7) is 6.23. The third-order valence-electron chi connectivity index (χ3n) is 3.60. The minimum absolute atomic E-state index is 0.0448. The van der Waals surface area contributed by atoms with Crippen molar-refractivity contribution in [2.45, 2.75) is 33.6 Å².